The fraction of sp³-hybridized carbons (Fsp3) is 0.364. The van der Waals surface area contributed by atoms with Crippen molar-refractivity contribution in [1.29, 1.82) is 0 Å². The van der Waals surface area contributed by atoms with Crippen molar-refractivity contribution >= 4 is 15.9 Å². The van der Waals surface area contributed by atoms with Gasteiger partial charge in [0.1, 0.15) is 5.75 Å². The summed E-state index contributed by atoms with van der Waals surface area (Å²) in [4.78, 5) is 1.37. The van der Waals surface area contributed by atoms with Crippen LogP contribution in [0.3, 0.4) is 0 Å². The van der Waals surface area contributed by atoms with Crippen LogP contribution in [0.2, 0.25) is 0 Å². The first-order valence-electron chi connectivity index (χ1n) is 5.39. The van der Waals surface area contributed by atoms with Crippen LogP contribution in [-0.2, 0) is 13.7 Å². The van der Waals surface area contributed by atoms with Crippen LogP contribution in [0.25, 0.3) is 0 Å². The van der Waals surface area contributed by atoms with E-state index in [1.165, 1.54) is 4.80 Å². The molecule has 0 aliphatic heterocycles. The first-order valence-corrected chi connectivity index (χ1v) is 6.19. The molecule has 18 heavy (non-hydrogen) atoms. The lowest BCUT2D eigenvalue weighted by atomic mass is 10.1. The number of ether oxygens (including phenoxy) is 1. The molecule has 96 valence electrons. The maximum Gasteiger partial charge on any atom is 0.212 e. The zero-order valence-electron chi connectivity index (χ0n) is 10.0. The highest BCUT2D eigenvalue weighted by atomic mass is 79.9. The summed E-state index contributed by atoms with van der Waals surface area (Å²) in [5, 5.41) is 21.2. The lowest BCUT2D eigenvalue weighted by molar-refractivity contribution is 0.189. The number of aryl methyl sites for hydroxylation is 1. The van der Waals surface area contributed by atoms with Gasteiger partial charge in [-0.1, -0.05) is 15.9 Å². The maximum absolute atomic E-state index is 9.68. The molecule has 0 radical (unpaired) electrons. The summed E-state index contributed by atoms with van der Waals surface area (Å²) in [6, 6.07) is 5.47. The molecule has 1 aromatic heterocycles. The van der Waals surface area contributed by atoms with Crippen LogP contribution < -0.4 is 4.74 Å². The van der Waals surface area contributed by atoms with E-state index in [2.05, 4.69) is 31.3 Å². The van der Waals surface area contributed by atoms with Crippen LogP contribution in [0.4, 0.5) is 0 Å². The Morgan fingerprint density at radius 3 is 2.89 bits per heavy atom. The van der Waals surface area contributed by atoms with Gasteiger partial charge in [-0.05, 0) is 30.3 Å². The molecule has 7 heteroatoms. The van der Waals surface area contributed by atoms with Gasteiger partial charge in [0.05, 0.1) is 13.2 Å². The van der Waals surface area contributed by atoms with Gasteiger partial charge in [-0.15, -0.1) is 10.2 Å². The number of nitrogens with zero attached hydrogens (tertiary/aromatic N) is 4. The number of aromatic nitrogens is 4. The van der Waals surface area contributed by atoms with Crippen LogP contribution >= 0.6 is 15.9 Å². The van der Waals surface area contributed by atoms with Crippen LogP contribution in [0, 0.1) is 0 Å². The minimum atomic E-state index is -0.604. The Bertz CT molecular complexity index is 542. The van der Waals surface area contributed by atoms with Gasteiger partial charge in [0.15, 0.2) is 6.61 Å². The zero-order valence-corrected chi connectivity index (χ0v) is 11.6. The van der Waals surface area contributed by atoms with Gasteiger partial charge < -0.3 is 9.84 Å². The Kier molecular flexibility index (Phi) is 3.93. The number of rotatable bonds is 4. The largest absolute Gasteiger partial charge is 0.485 e. The van der Waals surface area contributed by atoms with Crippen molar-refractivity contribution in [3.05, 3.63) is 34.1 Å². The Hall–Kier alpha value is -1.47. The SMILES string of the molecule is C[C@@H](O)c1cc(Br)ccc1OCc1nnn(C)n1. The maximum atomic E-state index is 9.68. The van der Waals surface area contributed by atoms with Crippen LogP contribution in [-0.4, -0.2) is 25.3 Å². The van der Waals surface area contributed by atoms with E-state index in [1.807, 2.05) is 12.1 Å². The second kappa shape index (κ2) is 5.45. The number of aliphatic hydroxyl groups is 1. The predicted octanol–water partition coefficient (Wildman–Crippen LogP) is 1.60. The van der Waals surface area contributed by atoms with Crippen molar-refractivity contribution < 1.29 is 9.84 Å². The van der Waals surface area contributed by atoms with Gasteiger partial charge in [-0.3, -0.25) is 0 Å². The number of aliphatic hydroxyl groups excluding tert-OH is 1. The Morgan fingerprint density at radius 1 is 1.50 bits per heavy atom. The molecule has 0 spiro atoms. The fourth-order valence-electron chi connectivity index (χ4n) is 1.50. The van der Waals surface area contributed by atoms with E-state index in [9.17, 15) is 5.11 Å². The molecule has 1 N–H and O–H groups in total. The van der Waals surface area contributed by atoms with Gasteiger partial charge in [-0.2, -0.15) is 4.80 Å². The topological polar surface area (TPSA) is 73.1 Å². The predicted molar refractivity (Wildman–Crippen MR) is 67.9 cm³/mol. The number of tetrazole rings is 1. The summed E-state index contributed by atoms with van der Waals surface area (Å²) in [7, 11) is 1.69. The van der Waals surface area contributed by atoms with E-state index >= 15 is 0 Å². The van der Waals surface area contributed by atoms with E-state index in [0.29, 0.717) is 17.1 Å². The molecule has 1 heterocycles. The lowest BCUT2D eigenvalue weighted by Gasteiger charge is -2.12. The Labute approximate surface area is 113 Å². The molecule has 1 atom stereocenters. The molecule has 0 amide bonds. The molecule has 0 bridgehead atoms. The number of benzene rings is 1. The average molecular weight is 313 g/mol. The molecule has 0 aliphatic carbocycles. The fourth-order valence-corrected chi connectivity index (χ4v) is 1.88. The van der Waals surface area contributed by atoms with Gasteiger partial charge in [0, 0.05) is 10.0 Å². The van der Waals surface area contributed by atoms with E-state index in [-0.39, 0.29) is 6.61 Å². The van der Waals surface area contributed by atoms with Crippen LogP contribution in [0.1, 0.15) is 24.4 Å². The molecular formula is C11H13BrN4O2. The monoisotopic (exact) mass is 312 g/mol. The molecule has 0 saturated heterocycles. The molecule has 0 fully saturated rings. The second-order valence-corrected chi connectivity index (χ2v) is 4.76. The lowest BCUT2D eigenvalue weighted by Crippen LogP contribution is -2.03. The molecule has 0 aliphatic rings. The van der Waals surface area contributed by atoms with Crippen molar-refractivity contribution in [2.75, 3.05) is 0 Å². The van der Waals surface area contributed by atoms with Crippen LogP contribution in [0.5, 0.6) is 5.75 Å². The van der Waals surface area contributed by atoms with Gasteiger partial charge >= 0.3 is 0 Å². The molecule has 2 rings (SSSR count). The van der Waals surface area contributed by atoms with E-state index < -0.39 is 6.10 Å². The van der Waals surface area contributed by atoms with Gasteiger partial charge in [0.25, 0.3) is 0 Å². The third-order valence-corrected chi connectivity index (χ3v) is 2.82. The van der Waals surface area contributed by atoms with Crippen molar-refractivity contribution in [1.82, 2.24) is 20.2 Å². The zero-order chi connectivity index (χ0) is 13.1. The third kappa shape index (κ3) is 3.05. The molecule has 6 nitrogen and oxygen atoms in total. The third-order valence-electron chi connectivity index (χ3n) is 2.33. The molecule has 0 saturated carbocycles. The quantitative estimate of drug-likeness (QED) is 0.928. The smallest absolute Gasteiger partial charge is 0.212 e. The van der Waals surface area contributed by atoms with Gasteiger partial charge in [0.2, 0.25) is 5.82 Å². The number of halogens is 1. The molecule has 2 aromatic rings. The highest BCUT2D eigenvalue weighted by Gasteiger charge is 2.11. The average Bonchev–Trinajstić information content (AvgIpc) is 2.73. The summed E-state index contributed by atoms with van der Waals surface area (Å²) in [6.07, 6.45) is -0.604. The highest BCUT2D eigenvalue weighted by molar-refractivity contribution is 9.10. The minimum absolute atomic E-state index is 0.217. The minimum Gasteiger partial charge on any atom is -0.485 e. The normalized spacial score (nSPS) is 12.4. The first-order chi connectivity index (χ1) is 8.56. The summed E-state index contributed by atoms with van der Waals surface area (Å²) < 4.78 is 6.49. The van der Waals surface area contributed by atoms with E-state index in [0.717, 1.165) is 4.47 Å². The van der Waals surface area contributed by atoms with Crippen molar-refractivity contribution in [2.24, 2.45) is 7.05 Å². The van der Waals surface area contributed by atoms with Crippen molar-refractivity contribution in [3.8, 4) is 5.75 Å². The summed E-state index contributed by atoms with van der Waals surface area (Å²) in [5.41, 5.74) is 0.716. The standard InChI is InChI=1S/C11H13BrN4O2/c1-7(17)9-5-8(12)3-4-10(9)18-6-11-13-15-16(2)14-11/h3-5,7,17H,6H2,1-2H3/t7-/m1/s1. The Morgan fingerprint density at radius 2 is 2.28 bits per heavy atom. The summed E-state index contributed by atoms with van der Waals surface area (Å²) in [6.45, 7) is 1.91. The van der Waals surface area contributed by atoms with E-state index in [4.69, 9.17) is 4.74 Å². The van der Waals surface area contributed by atoms with Crippen molar-refractivity contribution in [2.45, 2.75) is 19.6 Å². The first kappa shape index (κ1) is 13.0. The number of hydrogen-bond acceptors (Lipinski definition) is 5. The number of hydrogen-bond donors (Lipinski definition) is 1. The molecular weight excluding hydrogens is 300 g/mol. The summed E-state index contributed by atoms with van der Waals surface area (Å²) in [5.74, 6) is 1.11. The molecule has 1 aromatic carbocycles. The van der Waals surface area contributed by atoms with Crippen LogP contribution in [0.15, 0.2) is 22.7 Å². The van der Waals surface area contributed by atoms with Crippen molar-refractivity contribution in [3.63, 3.8) is 0 Å². The Balaban J connectivity index is 2.13. The summed E-state index contributed by atoms with van der Waals surface area (Å²) >= 11 is 3.36. The highest BCUT2D eigenvalue weighted by Crippen LogP contribution is 2.28. The van der Waals surface area contributed by atoms with E-state index in [1.54, 1.807) is 20.0 Å². The molecule has 0 unspecified atom stereocenters. The van der Waals surface area contributed by atoms with Gasteiger partial charge in [-0.25, -0.2) is 0 Å². The second-order valence-electron chi connectivity index (χ2n) is 3.84.